The lowest BCUT2D eigenvalue weighted by atomic mass is 9.76. The number of carbonyl (C=O) groups excluding carboxylic acids is 2. The number of urea groups is 1. The summed E-state index contributed by atoms with van der Waals surface area (Å²) in [5.41, 5.74) is 3.59. The molecule has 0 radical (unpaired) electrons. The maximum Gasteiger partial charge on any atom is 0.320 e. The fourth-order valence-corrected chi connectivity index (χ4v) is 5.84. The zero-order chi connectivity index (χ0) is 22.2. The van der Waals surface area contributed by atoms with Crippen LogP contribution >= 0.6 is 0 Å². The average Bonchev–Trinajstić information content (AvgIpc) is 2.83. The fraction of sp³-hybridized carbons (Fsp3) is 0.462. The smallest absolute Gasteiger partial charge is 0.320 e. The number of benzene rings is 2. The van der Waals surface area contributed by atoms with Gasteiger partial charge < -0.3 is 15.0 Å². The summed E-state index contributed by atoms with van der Waals surface area (Å²) in [5, 5.41) is 3.15. The molecule has 6 heteroatoms. The van der Waals surface area contributed by atoms with E-state index in [-0.39, 0.29) is 42.2 Å². The van der Waals surface area contributed by atoms with Gasteiger partial charge in [0.2, 0.25) is 5.91 Å². The largest absolute Gasteiger partial charge is 0.361 e. The molecular weight excluding hydrogens is 402 g/mol. The summed E-state index contributed by atoms with van der Waals surface area (Å²) in [4.78, 5) is 30.9. The average molecular weight is 434 g/mol. The van der Waals surface area contributed by atoms with Gasteiger partial charge >= 0.3 is 6.03 Å². The summed E-state index contributed by atoms with van der Waals surface area (Å²) >= 11 is 0. The molecule has 3 amide bonds. The van der Waals surface area contributed by atoms with Crippen LogP contribution in [0.1, 0.15) is 55.0 Å². The summed E-state index contributed by atoms with van der Waals surface area (Å²) in [6, 6.07) is 17.9. The normalized spacial score (nSPS) is 27.8. The first-order chi connectivity index (χ1) is 15.6. The SMILES string of the molecule is COC1CCC2C(=O)N3CCc4ccccc4C3CC2N1C(=O)N[C@H](C)c1ccccc1. The molecule has 1 N–H and O–H groups in total. The van der Waals surface area contributed by atoms with Crippen molar-refractivity contribution in [2.75, 3.05) is 13.7 Å². The maximum atomic E-state index is 13.5. The second-order valence-corrected chi connectivity index (χ2v) is 9.16. The predicted molar refractivity (Wildman–Crippen MR) is 122 cm³/mol. The van der Waals surface area contributed by atoms with Gasteiger partial charge in [-0.05, 0) is 49.3 Å². The number of carbonyl (C=O) groups is 2. The number of nitrogens with zero attached hydrogens (tertiary/aromatic N) is 2. The van der Waals surface area contributed by atoms with E-state index in [1.165, 1.54) is 11.1 Å². The number of methoxy groups -OCH3 is 1. The molecule has 5 rings (SSSR count). The van der Waals surface area contributed by atoms with Crippen LogP contribution < -0.4 is 5.32 Å². The Balaban J connectivity index is 1.43. The van der Waals surface area contributed by atoms with Gasteiger partial charge in [0.05, 0.1) is 18.0 Å². The number of ether oxygens (including phenoxy) is 1. The maximum absolute atomic E-state index is 13.5. The zero-order valence-electron chi connectivity index (χ0n) is 18.7. The summed E-state index contributed by atoms with van der Waals surface area (Å²) in [5.74, 6) is 0.0184. The molecule has 32 heavy (non-hydrogen) atoms. The third kappa shape index (κ3) is 3.56. The number of fused-ring (bicyclic) bond motifs is 4. The summed E-state index contributed by atoms with van der Waals surface area (Å²) in [6.45, 7) is 2.75. The van der Waals surface area contributed by atoms with Gasteiger partial charge in [0.1, 0.15) is 6.23 Å². The number of amides is 3. The number of rotatable bonds is 3. The van der Waals surface area contributed by atoms with Gasteiger partial charge in [-0.1, -0.05) is 54.6 Å². The van der Waals surface area contributed by atoms with Crippen LogP contribution in [0.4, 0.5) is 4.79 Å². The Morgan fingerprint density at radius 1 is 1.09 bits per heavy atom. The predicted octanol–water partition coefficient (Wildman–Crippen LogP) is 4.04. The van der Waals surface area contributed by atoms with E-state index in [2.05, 4.69) is 28.4 Å². The van der Waals surface area contributed by atoms with Crippen LogP contribution in [-0.4, -0.2) is 47.7 Å². The topological polar surface area (TPSA) is 61.9 Å². The standard InChI is InChI=1S/C26H31N3O3/c1-17(18-8-4-3-5-9-18)27-26(31)29-23-16-22-20-11-7-6-10-19(20)14-15-28(22)25(30)21(23)12-13-24(29)32-2/h3-11,17,21-24H,12-16H2,1-2H3,(H,27,31)/t17-,21?,22?,23?,24?/m1/s1. The van der Waals surface area contributed by atoms with E-state index < -0.39 is 0 Å². The van der Waals surface area contributed by atoms with Crippen LogP contribution in [0.15, 0.2) is 54.6 Å². The third-order valence-electron chi connectivity index (χ3n) is 7.48. The van der Waals surface area contributed by atoms with Gasteiger partial charge in [-0.2, -0.15) is 0 Å². The minimum absolute atomic E-state index is 0.0196. The number of hydrogen-bond acceptors (Lipinski definition) is 3. The van der Waals surface area contributed by atoms with Crippen LogP contribution in [0.2, 0.25) is 0 Å². The molecule has 0 spiro atoms. The molecule has 2 fully saturated rings. The summed E-state index contributed by atoms with van der Waals surface area (Å²) < 4.78 is 5.74. The van der Waals surface area contributed by atoms with E-state index in [0.29, 0.717) is 6.42 Å². The second kappa shape index (κ2) is 8.58. The van der Waals surface area contributed by atoms with Crippen LogP contribution in [0.3, 0.4) is 0 Å². The molecule has 0 saturated carbocycles. The number of hydrogen-bond donors (Lipinski definition) is 1. The van der Waals surface area contributed by atoms with E-state index in [1.54, 1.807) is 7.11 Å². The minimum Gasteiger partial charge on any atom is -0.361 e. The van der Waals surface area contributed by atoms with E-state index in [1.807, 2.05) is 48.2 Å². The van der Waals surface area contributed by atoms with Crippen LogP contribution in [0.25, 0.3) is 0 Å². The number of nitrogens with one attached hydrogen (secondary N) is 1. The number of piperidine rings is 2. The molecule has 2 saturated heterocycles. The molecule has 3 heterocycles. The summed E-state index contributed by atoms with van der Waals surface area (Å²) in [6.07, 6.45) is 2.75. The van der Waals surface area contributed by atoms with Crippen LogP contribution in [-0.2, 0) is 16.0 Å². The molecule has 6 nitrogen and oxygen atoms in total. The first-order valence-electron chi connectivity index (χ1n) is 11.6. The van der Waals surface area contributed by atoms with Gasteiger partial charge in [-0.3, -0.25) is 9.69 Å². The molecule has 5 atom stereocenters. The first kappa shape index (κ1) is 21.0. The zero-order valence-corrected chi connectivity index (χ0v) is 18.7. The Hall–Kier alpha value is -2.86. The van der Waals surface area contributed by atoms with Crippen LogP contribution in [0.5, 0.6) is 0 Å². The molecule has 3 aliphatic heterocycles. The molecule has 0 bridgehead atoms. The van der Waals surface area contributed by atoms with Crippen molar-refractivity contribution in [1.29, 1.82) is 0 Å². The monoisotopic (exact) mass is 433 g/mol. The first-order valence-corrected chi connectivity index (χ1v) is 11.6. The van der Waals surface area contributed by atoms with Gasteiger partial charge in [0.25, 0.3) is 0 Å². The van der Waals surface area contributed by atoms with Gasteiger partial charge in [-0.15, -0.1) is 0 Å². The van der Waals surface area contributed by atoms with Crippen molar-refractivity contribution in [1.82, 2.24) is 15.1 Å². The second-order valence-electron chi connectivity index (χ2n) is 9.16. The quantitative estimate of drug-likeness (QED) is 0.795. The molecule has 168 valence electrons. The Bertz CT molecular complexity index is 995. The van der Waals surface area contributed by atoms with Crippen molar-refractivity contribution < 1.29 is 14.3 Å². The van der Waals surface area contributed by atoms with Crippen LogP contribution in [0, 0.1) is 5.92 Å². The number of likely N-dealkylation sites (tertiary alicyclic amines) is 1. The lowest BCUT2D eigenvalue weighted by Gasteiger charge is -2.53. The van der Waals surface area contributed by atoms with Crippen molar-refractivity contribution in [2.24, 2.45) is 5.92 Å². The summed E-state index contributed by atoms with van der Waals surface area (Å²) in [7, 11) is 1.65. The molecular formula is C26H31N3O3. The molecule has 2 aromatic rings. The fourth-order valence-electron chi connectivity index (χ4n) is 5.84. The molecule has 0 aliphatic carbocycles. The molecule has 0 aromatic heterocycles. The van der Waals surface area contributed by atoms with Crippen molar-refractivity contribution >= 4 is 11.9 Å². The minimum atomic E-state index is -0.322. The molecule has 3 aliphatic rings. The Morgan fingerprint density at radius 3 is 2.62 bits per heavy atom. The van der Waals surface area contributed by atoms with E-state index in [9.17, 15) is 9.59 Å². The highest BCUT2D eigenvalue weighted by molar-refractivity contribution is 5.84. The molecule has 4 unspecified atom stereocenters. The van der Waals surface area contributed by atoms with Gasteiger partial charge in [-0.25, -0.2) is 4.79 Å². The Morgan fingerprint density at radius 2 is 1.84 bits per heavy atom. The third-order valence-corrected chi connectivity index (χ3v) is 7.48. The van der Waals surface area contributed by atoms with E-state index in [0.717, 1.165) is 31.4 Å². The van der Waals surface area contributed by atoms with Crippen molar-refractivity contribution in [3.63, 3.8) is 0 Å². The van der Waals surface area contributed by atoms with E-state index in [4.69, 9.17) is 4.74 Å². The van der Waals surface area contributed by atoms with Crippen molar-refractivity contribution in [2.45, 2.75) is 57.0 Å². The van der Waals surface area contributed by atoms with Gasteiger partial charge in [0, 0.05) is 19.7 Å². The van der Waals surface area contributed by atoms with Crippen molar-refractivity contribution in [3.8, 4) is 0 Å². The highest BCUT2D eigenvalue weighted by atomic mass is 16.5. The Labute approximate surface area is 189 Å². The highest BCUT2D eigenvalue weighted by Crippen LogP contribution is 2.44. The molecule has 2 aromatic carbocycles. The lowest BCUT2D eigenvalue weighted by Crippen LogP contribution is -2.64. The van der Waals surface area contributed by atoms with Crippen molar-refractivity contribution in [3.05, 3.63) is 71.3 Å². The van der Waals surface area contributed by atoms with Gasteiger partial charge in [0.15, 0.2) is 0 Å². The Kier molecular flexibility index (Phi) is 5.64. The van der Waals surface area contributed by atoms with E-state index >= 15 is 0 Å². The lowest BCUT2D eigenvalue weighted by molar-refractivity contribution is -0.157. The highest BCUT2D eigenvalue weighted by Gasteiger charge is 2.51.